The number of rotatable bonds is 10. The Balaban J connectivity index is 1.31. The Kier molecular flexibility index (Phi) is 9.02. The molecule has 0 saturated carbocycles. The number of nitrogens with one attached hydrogen (secondary N) is 3. The van der Waals surface area contributed by atoms with Crippen molar-refractivity contribution in [3.8, 4) is 10.6 Å². The number of benzene rings is 1. The van der Waals surface area contributed by atoms with E-state index >= 15 is 0 Å². The van der Waals surface area contributed by atoms with E-state index in [1.54, 1.807) is 29.7 Å². The first-order chi connectivity index (χ1) is 18.5. The Morgan fingerprint density at radius 3 is 2.49 bits per heavy atom. The van der Waals surface area contributed by atoms with Crippen LogP contribution in [0.25, 0.3) is 10.6 Å². The van der Waals surface area contributed by atoms with Crippen molar-refractivity contribution in [3.63, 3.8) is 0 Å². The van der Waals surface area contributed by atoms with Crippen molar-refractivity contribution in [3.05, 3.63) is 65.2 Å². The van der Waals surface area contributed by atoms with Gasteiger partial charge in [0, 0.05) is 34.6 Å². The van der Waals surface area contributed by atoms with E-state index in [0.29, 0.717) is 24.4 Å². The van der Waals surface area contributed by atoms with Crippen molar-refractivity contribution < 1.29 is 14.3 Å². The number of piperidine rings is 1. The second kappa shape index (κ2) is 12.3. The number of hydrogen-bond acceptors (Lipinski definition) is 8. The summed E-state index contributed by atoms with van der Waals surface area (Å²) in [7, 11) is 1.32. The van der Waals surface area contributed by atoms with Gasteiger partial charge in [-0.25, -0.2) is 14.8 Å². The number of methoxy groups -OCH3 is 1. The van der Waals surface area contributed by atoms with Gasteiger partial charge in [0.2, 0.25) is 11.9 Å². The minimum atomic E-state index is -0.806. The lowest BCUT2D eigenvalue weighted by atomic mass is 9.80. The molecular formula is C30H39N5O3S. The van der Waals surface area contributed by atoms with Crippen LogP contribution in [-0.4, -0.2) is 46.1 Å². The third-order valence-corrected chi connectivity index (χ3v) is 7.96. The van der Waals surface area contributed by atoms with Crippen LogP contribution in [0.15, 0.2) is 54.7 Å². The fraction of sp³-hybridized carbons (Fsp3) is 0.467. The van der Waals surface area contributed by atoms with Crippen LogP contribution < -0.4 is 16.0 Å². The Bertz CT molecular complexity index is 1260. The highest BCUT2D eigenvalue weighted by atomic mass is 32.1. The van der Waals surface area contributed by atoms with Gasteiger partial charge in [0.05, 0.1) is 17.7 Å². The van der Waals surface area contributed by atoms with Crippen molar-refractivity contribution in [1.29, 1.82) is 0 Å². The van der Waals surface area contributed by atoms with Crippen molar-refractivity contribution in [2.24, 2.45) is 0 Å². The standard InChI is InChI=1S/C30H39N5O3S/c1-29(2)18-21(19-30(3,4)35-29)32-28-31-17-16-23(33-28)24-15-14-22(39-24)12-9-13-25(36)34-26(27(37)38-5)20-10-7-6-8-11-20/h6-8,10-11,14-17,21,26,35H,9,12-13,18-19H2,1-5H3,(H,34,36)(H,31,32,33). The molecule has 0 bridgehead atoms. The van der Waals surface area contributed by atoms with Crippen molar-refractivity contribution in [2.75, 3.05) is 12.4 Å². The van der Waals surface area contributed by atoms with E-state index in [1.807, 2.05) is 24.3 Å². The number of aromatic nitrogens is 2. The molecule has 1 aliphatic heterocycles. The van der Waals surface area contributed by atoms with Gasteiger partial charge in [-0.3, -0.25) is 4.79 Å². The Morgan fingerprint density at radius 2 is 1.79 bits per heavy atom. The maximum absolute atomic E-state index is 12.6. The summed E-state index contributed by atoms with van der Waals surface area (Å²) in [6.07, 6.45) is 5.54. The van der Waals surface area contributed by atoms with Gasteiger partial charge in [-0.15, -0.1) is 11.3 Å². The van der Waals surface area contributed by atoms with Crippen LogP contribution in [-0.2, 0) is 20.7 Å². The summed E-state index contributed by atoms with van der Waals surface area (Å²) < 4.78 is 4.89. The number of aryl methyl sites for hydroxylation is 1. The fourth-order valence-electron chi connectivity index (χ4n) is 5.52. The van der Waals surface area contributed by atoms with Crippen LogP contribution in [0.4, 0.5) is 5.95 Å². The zero-order chi connectivity index (χ0) is 28.0. The van der Waals surface area contributed by atoms with E-state index in [9.17, 15) is 9.59 Å². The normalized spacial score (nSPS) is 17.3. The van der Waals surface area contributed by atoms with E-state index < -0.39 is 12.0 Å². The van der Waals surface area contributed by atoms with Crippen molar-refractivity contribution in [1.82, 2.24) is 20.6 Å². The van der Waals surface area contributed by atoms with Gasteiger partial charge >= 0.3 is 5.97 Å². The van der Waals surface area contributed by atoms with E-state index in [2.05, 4.69) is 60.8 Å². The molecule has 4 rings (SSSR count). The first-order valence-electron chi connectivity index (χ1n) is 13.4. The molecule has 1 fully saturated rings. The average Bonchev–Trinajstić information content (AvgIpc) is 3.34. The lowest BCUT2D eigenvalue weighted by Crippen LogP contribution is -2.60. The number of anilines is 1. The number of nitrogens with zero attached hydrogens (tertiary/aromatic N) is 2. The number of esters is 1. The van der Waals surface area contributed by atoms with Gasteiger partial charge in [-0.2, -0.15) is 0 Å². The predicted octanol–water partition coefficient (Wildman–Crippen LogP) is 5.28. The Labute approximate surface area is 235 Å². The number of carbonyl (C=O) groups excluding carboxylic acids is 2. The summed E-state index contributed by atoms with van der Waals surface area (Å²) in [6.45, 7) is 8.93. The molecule has 0 spiro atoms. The molecule has 1 unspecified atom stereocenters. The highest BCUT2D eigenvalue weighted by Crippen LogP contribution is 2.31. The fourth-order valence-corrected chi connectivity index (χ4v) is 6.54. The van der Waals surface area contributed by atoms with Gasteiger partial charge in [-0.1, -0.05) is 30.3 Å². The maximum atomic E-state index is 12.6. The molecule has 3 heterocycles. The van der Waals surface area contributed by atoms with E-state index in [1.165, 1.54) is 12.0 Å². The second-order valence-electron chi connectivity index (χ2n) is 11.5. The molecular weight excluding hydrogens is 510 g/mol. The zero-order valence-electron chi connectivity index (χ0n) is 23.4. The predicted molar refractivity (Wildman–Crippen MR) is 156 cm³/mol. The number of carbonyl (C=O) groups is 2. The molecule has 208 valence electrons. The second-order valence-corrected chi connectivity index (χ2v) is 12.6. The maximum Gasteiger partial charge on any atom is 0.333 e. The molecule has 1 amide bonds. The largest absolute Gasteiger partial charge is 0.467 e. The molecule has 1 aliphatic rings. The summed E-state index contributed by atoms with van der Waals surface area (Å²) in [5, 5.41) is 10.1. The van der Waals surface area contributed by atoms with Crippen LogP contribution in [0.3, 0.4) is 0 Å². The summed E-state index contributed by atoms with van der Waals surface area (Å²) in [4.78, 5) is 36.4. The number of hydrogen-bond donors (Lipinski definition) is 3. The quantitative estimate of drug-likeness (QED) is 0.296. The molecule has 1 aromatic carbocycles. The summed E-state index contributed by atoms with van der Waals surface area (Å²) in [5.41, 5.74) is 1.67. The minimum absolute atomic E-state index is 0.0400. The van der Waals surface area contributed by atoms with Crippen LogP contribution in [0, 0.1) is 0 Å². The number of ether oxygens (including phenoxy) is 1. The van der Waals surface area contributed by atoms with E-state index in [4.69, 9.17) is 9.72 Å². The van der Waals surface area contributed by atoms with E-state index in [0.717, 1.165) is 29.8 Å². The molecule has 0 aliphatic carbocycles. The zero-order valence-corrected chi connectivity index (χ0v) is 24.2. The molecule has 1 atom stereocenters. The highest BCUT2D eigenvalue weighted by molar-refractivity contribution is 7.15. The molecule has 8 nitrogen and oxygen atoms in total. The van der Waals surface area contributed by atoms with Crippen molar-refractivity contribution >= 4 is 29.2 Å². The highest BCUT2D eigenvalue weighted by Gasteiger charge is 2.37. The Morgan fingerprint density at radius 1 is 1.08 bits per heavy atom. The summed E-state index contributed by atoms with van der Waals surface area (Å²) >= 11 is 1.68. The SMILES string of the molecule is COC(=O)C(NC(=O)CCCc1ccc(-c2ccnc(NC3CC(C)(C)NC(C)(C)C3)n2)s1)c1ccccc1. The van der Waals surface area contributed by atoms with Crippen LogP contribution in [0.1, 0.15) is 69.9 Å². The van der Waals surface area contributed by atoms with Gasteiger partial charge in [0.1, 0.15) is 0 Å². The van der Waals surface area contributed by atoms with E-state index in [-0.39, 0.29) is 23.0 Å². The molecule has 0 radical (unpaired) electrons. The number of thiophene rings is 1. The average molecular weight is 550 g/mol. The molecule has 2 aromatic heterocycles. The lowest BCUT2D eigenvalue weighted by Gasteiger charge is -2.46. The van der Waals surface area contributed by atoms with Gasteiger partial charge < -0.3 is 20.7 Å². The Hall–Kier alpha value is -3.30. The minimum Gasteiger partial charge on any atom is -0.467 e. The molecule has 39 heavy (non-hydrogen) atoms. The molecule has 1 saturated heterocycles. The van der Waals surface area contributed by atoms with Gasteiger partial charge in [0.25, 0.3) is 0 Å². The van der Waals surface area contributed by atoms with Gasteiger partial charge in [0.15, 0.2) is 6.04 Å². The van der Waals surface area contributed by atoms with Crippen LogP contribution in [0.5, 0.6) is 0 Å². The third-order valence-electron chi connectivity index (χ3n) is 6.80. The molecule has 3 aromatic rings. The summed E-state index contributed by atoms with van der Waals surface area (Å²) in [5.74, 6) is -0.0123. The molecule has 3 N–H and O–H groups in total. The number of amides is 1. The topological polar surface area (TPSA) is 105 Å². The van der Waals surface area contributed by atoms with Crippen LogP contribution in [0.2, 0.25) is 0 Å². The first kappa shape index (κ1) is 28.7. The van der Waals surface area contributed by atoms with Gasteiger partial charge in [-0.05, 0) is 77.1 Å². The van der Waals surface area contributed by atoms with Crippen molar-refractivity contribution in [2.45, 2.75) is 83.0 Å². The third kappa shape index (κ3) is 8.10. The first-order valence-corrected chi connectivity index (χ1v) is 14.3. The molecule has 9 heteroatoms. The van der Waals surface area contributed by atoms with Crippen LogP contribution >= 0.6 is 11.3 Å². The lowest BCUT2D eigenvalue weighted by molar-refractivity contribution is -0.145. The summed E-state index contributed by atoms with van der Waals surface area (Å²) in [6, 6.07) is 14.7. The monoisotopic (exact) mass is 549 g/mol. The smallest absolute Gasteiger partial charge is 0.333 e.